The van der Waals surface area contributed by atoms with Gasteiger partial charge in [-0.15, -0.1) is 0 Å². The number of nitrogens with zero attached hydrogens (tertiary/aromatic N) is 2. The minimum Gasteiger partial charge on any atom is -0.338 e. The molecule has 0 aliphatic carbocycles. The molecule has 0 aromatic heterocycles. The number of halogens is 2. The quantitative estimate of drug-likeness (QED) is 0.759. The molecule has 0 atom stereocenters. The Morgan fingerprint density at radius 2 is 1.77 bits per heavy atom. The van der Waals surface area contributed by atoms with Crippen molar-refractivity contribution in [3.8, 4) is 0 Å². The minimum absolute atomic E-state index is 0.0696. The lowest BCUT2D eigenvalue weighted by molar-refractivity contribution is -0.128. The Labute approximate surface area is 163 Å². The van der Waals surface area contributed by atoms with Gasteiger partial charge in [0.2, 0.25) is 5.91 Å². The van der Waals surface area contributed by atoms with Gasteiger partial charge in [0.25, 0.3) is 5.91 Å². The second-order valence-corrected chi connectivity index (χ2v) is 7.34. The van der Waals surface area contributed by atoms with Gasteiger partial charge in [-0.1, -0.05) is 41.4 Å². The number of likely N-dealkylation sites (tertiary alicyclic amines) is 1. The Morgan fingerprint density at radius 1 is 1.08 bits per heavy atom. The highest BCUT2D eigenvalue weighted by atomic mass is 35.5. The number of benzene rings is 2. The zero-order chi connectivity index (χ0) is 18.7. The predicted octanol–water partition coefficient (Wildman–Crippen LogP) is 4.39. The van der Waals surface area contributed by atoms with Crippen molar-refractivity contribution in [3.05, 3.63) is 69.2 Å². The summed E-state index contributed by atoms with van der Waals surface area (Å²) in [5.74, 6) is 0.131. The first-order valence-electron chi connectivity index (χ1n) is 8.50. The van der Waals surface area contributed by atoms with E-state index in [0.717, 1.165) is 24.1 Å². The molecule has 1 fully saturated rings. The normalized spacial score (nSPS) is 14.0. The van der Waals surface area contributed by atoms with Gasteiger partial charge >= 0.3 is 0 Å². The van der Waals surface area contributed by atoms with Crippen LogP contribution in [-0.2, 0) is 17.9 Å². The molecule has 1 saturated heterocycles. The van der Waals surface area contributed by atoms with Crippen molar-refractivity contribution in [2.45, 2.75) is 25.9 Å². The van der Waals surface area contributed by atoms with E-state index in [1.807, 2.05) is 35.2 Å². The lowest BCUT2D eigenvalue weighted by Gasteiger charge is -2.19. The van der Waals surface area contributed by atoms with Crippen molar-refractivity contribution in [1.82, 2.24) is 9.80 Å². The molecule has 1 aliphatic rings. The van der Waals surface area contributed by atoms with Gasteiger partial charge in [0.05, 0.1) is 10.0 Å². The molecule has 0 radical (unpaired) electrons. The maximum atomic E-state index is 12.6. The van der Waals surface area contributed by atoms with Crippen LogP contribution in [0.3, 0.4) is 0 Å². The van der Waals surface area contributed by atoms with Gasteiger partial charge in [-0.2, -0.15) is 0 Å². The Morgan fingerprint density at radius 3 is 2.38 bits per heavy atom. The van der Waals surface area contributed by atoms with Gasteiger partial charge in [0, 0.05) is 38.7 Å². The Bertz CT molecular complexity index is 821. The van der Waals surface area contributed by atoms with Crippen LogP contribution in [0.2, 0.25) is 10.0 Å². The van der Waals surface area contributed by atoms with Crippen molar-refractivity contribution in [2.75, 3.05) is 13.6 Å². The number of carbonyl (C=O) groups excluding carboxylic acids is 2. The monoisotopic (exact) mass is 390 g/mol. The van der Waals surface area contributed by atoms with Crippen LogP contribution in [0.4, 0.5) is 0 Å². The predicted molar refractivity (Wildman–Crippen MR) is 103 cm³/mol. The number of hydrogen-bond donors (Lipinski definition) is 0. The standard InChI is InChI=1S/C20H20Cl2N2O2/c1-23(12-15-6-9-17(21)18(22)11-15)20(26)16-7-4-14(5-8-16)13-24-10-2-3-19(24)25/h4-9,11H,2-3,10,12-13H2,1H3. The number of amides is 2. The van der Waals surface area contributed by atoms with Gasteiger partial charge < -0.3 is 9.80 Å². The van der Waals surface area contributed by atoms with Gasteiger partial charge in [0.15, 0.2) is 0 Å². The molecule has 2 aromatic carbocycles. The lowest BCUT2D eigenvalue weighted by atomic mass is 10.1. The summed E-state index contributed by atoms with van der Waals surface area (Å²) in [7, 11) is 1.75. The van der Waals surface area contributed by atoms with Crippen LogP contribution in [-0.4, -0.2) is 35.2 Å². The smallest absolute Gasteiger partial charge is 0.253 e. The third kappa shape index (κ3) is 4.37. The molecule has 3 rings (SSSR count). The first-order valence-corrected chi connectivity index (χ1v) is 9.26. The summed E-state index contributed by atoms with van der Waals surface area (Å²) >= 11 is 12.0. The summed E-state index contributed by atoms with van der Waals surface area (Å²) < 4.78 is 0. The molecule has 1 aliphatic heterocycles. The molecule has 26 heavy (non-hydrogen) atoms. The second kappa shape index (κ2) is 8.11. The molecule has 4 nitrogen and oxygen atoms in total. The van der Waals surface area contributed by atoms with Crippen molar-refractivity contribution in [2.24, 2.45) is 0 Å². The number of carbonyl (C=O) groups is 2. The molecule has 0 spiro atoms. The van der Waals surface area contributed by atoms with Gasteiger partial charge in [-0.25, -0.2) is 0 Å². The van der Waals surface area contributed by atoms with Crippen molar-refractivity contribution >= 4 is 35.0 Å². The third-order valence-corrected chi connectivity index (χ3v) is 5.24. The van der Waals surface area contributed by atoms with E-state index < -0.39 is 0 Å². The third-order valence-electron chi connectivity index (χ3n) is 4.50. The van der Waals surface area contributed by atoms with Crippen LogP contribution in [0.1, 0.15) is 34.3 Å². The maximum absolute atomic E-state index is 12.6. The Balaban J connectivity index is 1.63. The summed E-state index contributed by atoms with van der Waals surface area (Å²) in [5.41, 5.74) is 2.56. The second-order valence-electron chi connectivity index (χ2n) is 6.53. The zero-order valence-corrected chi connectivity index (χ0v) is 16.1. The van der Waals surface area contributed by atoms with E-state index in [1.54, 1.807) is 24.1 Å². The topological polar surface area (TPSA) is 40.6 Å². The molecule has 2 amide bonds. The SMILES string of the molecule is CN(Cc1ccc(Cl)c(Cl)c1)C(=O)c1ccc(CN2CCCC2=O)cc1. The molecule has 136 valence electrons. The average molecular weight is 391 g/mol. The first kappa shape index (κ1) is 18.7. The van der Waals surface area contributed by atoms with Gasteiger partial charge in [0.1, 0.15) is 0 Å². The highest BCUT2D eigenvalue weighted by molar-refractivity contribution is 6.42. The fourth-order valence-corrected chi connectivity index (χ4v) is 3.37. The number of rotatable bonds is 5. The minimum atomic E-state index is -0.0696. The summed E-state index contributed by atoms with van der Waals surface area (Å²) in [6.45, 7) is 1.86. The van der Waals surface area contributed by atoms with E-state index >= 15 is 0 Å². The van der Waals surface area contributed by atoms with Gasteiger partial charge in [-0.3, -0.25) is 9.59 Å². The van der Waals surface area contributed by atoms with Crippen LogP contribution in [0.25, 0.3) is 0 Å². The molecular formula is C20H20Cl2N2O2. The molecule has 0 N–H and O–H groups in total. The van der Waals surface area contributed by atoms with Crippen molar-refractivity contribution < 1.29 is 9.59 Å². The van der Waals surface area contributed by atoms with Crippen LogP contribution >= 0.6 is 23.2 Å². The first-order chi connectivity index (χ1) is 12.4. The fourth-order valence-electron chi connectivity index (χ4n) is 3.05. The van der Waals surface area contributed by atoms with Crippen LogP contribution in [0, 0.1) is 0 Å². The summed E-state index contributed by atoms with van der Waals surface area (Å²) in [6.07, 6.45) is 1.56. The largest absolute Gasteiger partial charge is 0.338 e. The molecule has 6 heteroatoms. The fraction of sp³-hybridized carbons (Fsp3) is 0.300. The van der Waals surface area contributed by atoms with Crippen LogP contribution in [0.5, 0.6) is 0 Å². The molecule has 1 heterocycles. The molecule has 0 unspecified atom stereocenters. The summed E-state index contributed by atoms with van der Waals surface area (Å²) in [4.78, 5) is 27.8. The van der Waals surface area contributed by atoms with E-state index in [2.05, 4.69) is 0 Å². The highest BCUT2D eigenvalue weighted by Crippen LogP contribution is 2.23. The average Bonchev–Trinajstić information content (AvgIpc) is 3.03. The molecule has 2 aromatic rings. The van der Waals surface area contributed by atoms with E-state index in [1.165, 1.54) is 0 Å². The highest BCUT2D eigenvalue weighted by Gasteiger charge is 2.20. The van der Waals surface area contributed by atoms with E-state index in [-0.39, 0.29) is 11.8 Å². The summed E-state index contributed by atoms with van der Waals surface area (Å²) in [6, 6.07) is 12.8. The Kier molecular flexibility index (Phi) is 5.84. The summed E-state index contributed by atoms with van der Waals surface area (Å²) in [5, 5.41) is 0.974. The molecular weight excluding hydrogens is 371 g/mol. The number of hydrogen-bond acceptors (Lipinski definition) is 2. The van der Waals surface area contributed by atoms with Crippen molar-refractivity contribution in [3.63, 3.8) is 0 Å². The van der Waals surface area contributed by atoms with E-state index in [4.69, 9.17) is 23.2 Å². The molecule has 0 bridgehead atoms. The Hall–Kier alpha value is -2.04. The zero-order valence-electron chi connectivity index (χ0n) is 14.5. The van der Waals surface area contributed by atoms with Crippen LogP contribution < -0.4 is 0 Å². The van der Waals surface area contributed by atoms with Gasteiger partial charge in [-0.05, 0) is 41.8 Å². The maximum Gasteiger partial charge on any atom is 0.253 e. The van der Waals surface area contributed by atoms with Crippen molar-refractivity contribution in [1.29, 1.82) is 0 Å². The lowest BCUT2D eigenvalue weighted by Crippen LogP contribution is -2.26. The molecule has 0 saturated carbocycles. The van der Waals surface area contributed by atoms with E-state index in [9.17, 15) is 9.59 Å². The van der Waals surface area contributed by atoms with Crippen LogP contribution in [0.15, 0.2) is 42.5 Å². The van der Waals surface area contributed by atoms with E-state index in [0.29, 0.717) is 35.1 Å².